The standard InChI is InChI=1S/C13H17N3O2S/c17-12-6-2-1-4-10(12)8-15-16-13(19)14-9-11-5-3-7-18-11/h1-2,4,6,8,11,17H,3,5,7,9H2,(H2,14,16,19)/b15-8+/t11-/m0/s1. The van der Waals surface area contributed by atoms with E-state index in [1.165, 1.54) is 6.21 Å². The quantitative estimate of drug-likeness (QED) is 0.441. The number of aromatic hydroxyl groups is 1. The van der Waals surface area contributed by atoms with Crippen molar-refractivity contribution in [3.05, 3.63) is 29.8 Å². The fourth-order valence-electron chi connectivity index (χ4n) is 1.81. The molecule has 1 aliphatic rings. The van der Waals surface area contributed by atoms with Crippen molar-refractivity contribution in [2.75, 3.05) is 13.2 Å². The number of thiocarbonyl (C=S) groups is 1. The van der Waals surface area contributed by atoms with E-state index in [-0.39, 0.29) is 11.9 Å². The lowest BCUT2D eigenvalue weighted by atomic mass is 10.2. The van der Waals surface area contributed by atoms with Gasteiger partial charge in [0.15, 0.2) is 5.11 Å². The summed E-state index contributed by atoms with van der Waals surface area (Å²) in [6.07, 6.45) is 3.94. The minimum atomic E-state index is 0.186. The van der Waals surface area contributed by atoms with Crippen molar-refractivity contribution in [2.45, 2.75) is 18.9 Å². The zero-order chi connectivity index (χ0) is 13.5. The lowest BCUT2D eigenvalue weighted by Gasteiger charge is -2.11. The highest BCUT2D eigenvalue weighted by atomic mass is 32.1. The van der Waals surface area contributed by atoms with E-state index in [1.807, 2.05) is 6.07 Å². The van der Waals surface area contributed by atoms with Crippen LogP contribution in [0.2, 0.25) is 0 Å². The first-order chi connectivity index (χ1) is 9.25. The van der Waals surface area contributed by atoms with Crippen LogP contribution in [0.5, 0.6) is 5.75 Å². The molecule has 5 nitrogen and oxygen atoms in total. The first-order valence-corrected chi connectivity index (χ1v) is 6.63. The summed E-state index contributed by atoms with van der Waals surface area (Å²) in [6, 6.07) is 6.96. The van der Waals surface area contributed by atoms with Gasteiger partial charge in [0, 0.05) is 18.7 Å². The van der Waals surface area contributed by atoms with Crippen LogP contribution in [-0.4, -0.2) is 35.7 Å². The minimum Gasteiger partial charge on any atom is -0.507 e. The zero-order valence-electron chi connectivity index (χ0n) is 10.5. The van der Waals surface area contributed by atoms with E-state index in [1.54, 1.807) is 18.2 Å². The molecule has 0 radical (unpaired) electrons. The third-order valence-electron chi connectivity index (χ3n) is 2.82. The van der Waals surface area contributed by atoms with Gasteiger partial charge in [0.1, 0.15) is 5.75 Å². The predicted molar refractivity (Wildman–Crippen MR) is 78.4 cm³/mol. The Labute approximate surface area is 117 Å². The van der Waals surface area contributed by atoms with Gasteiger partial charge in [0.05, 0.1) is 12.3 Å². The summed E-state index contributed by atoms with van der Waals surface area (Å²) in [4.78, 5) is 0. The monoisotopic (exact) mass is 279 g/mol. The average Bonchev–Trinajstić information content (AvgIpc) is 2.92. The van der Waals surface area contributed by atoms with Gasteiger partial charge in [-0.05, 0) is 37.2 Å². The molecule has 1 aromatic rings. The normalized spacial score (nSPS) is 18.6. The molecule has 1 saturated heterocycles. The van der Waals surface area contributed by atoms with Crippen LogP contribution in [0.3, 0.4) is 0 Å². The highest BCUT2D eigenvalue weighted by Crippen LogP contribution is 2.12. The molecular weight excluding hydrogens is 262 g/mol. The van der Waals surface area contributed by atoms with Gasteiger partial charge in [-0.25, -0.2) is 0 Å². The largest absolute Gasteiger partial charge is 0.507 e. The molecular formula is C13H17N3O2S. The molecule has 1 aromatic carbocycles. The topological polar surface area (TPSA) is 65.9 Å². The SMILES string of the molecule is Oc1ccccc1/C=N/NC(=S)NC[C@@H]1CCCO1. The Morgan fingerprint density at radius 3 is 3.11 bits per heavy atom. The number of phenols is 1. The van der Waals surface area contributed by atoms with Gasteiger partial charge < -0.3 is 15.2 Å². The summed E-state index contributed by atoms with van der Waals surface area (Å²) >= 11 is 5.08. The summed E-state index contributed by atoms with van der Waals surface area (Å²) < 4.78 is 5.47. The molecule has 0 aromatic heterocycles. The smallest absolute Gasteiger partial charge is 0.187 e. The minimum absolute atomic E-state index is 0.186. The summed E-state index contributed by atoms with van der Waals surface area (Å²) in [5.41, 5.74) is 3.34. The van der Waals surface area contributed by atoms with E-state index in [0.29, 0.717) is 17.2 Å². The van der Waals surface area contributed by atoms with Crippen molar-refractivity contribution < 1.29 is 9.84 Å². The number of para-hydroxylation sites is 1. The highest BCUT2D eigenvalue weighted by molar-refractivity contribution is 7.80. The van der Waals surface area contributed by atoms with Crippen LogP contribution in [0, 0.1) is 0 Å². The first-order valence-electron chi connectivity index (χ1n) is 6.22. The van der Waals surface area contributed by atoms with Gasteiger partial charge >= 0.3 is 0 Å². The summed E-state index contributed by atoms with van der Waals surface area (Å²) in [5.74, 6) is 0.186. The van der Waals surface area contributed by atoms with Crippen molar-refractivity contribution in [1.29, 1.82) is 0 Å². The van der Waals surface area contributed by atoms with Crippen molar-refractivity contribution >= 4 is 23.5 Å². The van der Waals surface area contributed by atoms with Crippen LogP contribution in [0.4, 0.5) is 0 Å². The maximum absolute atomic E-state index is 9.54. The highest BCUT2D eigenvalue weighted by Gasteiger charge is 2.14. The maximum Gasteiger partial charge on any atom is 0.187 e. The molecule has 1 heterocycles. The molecule has 6 heteroatoms. The maximum atomic E-state index is 9.54. The second-order valence-electron chi connectivity index (χ2n) is 4.27. The van der Waals surface area contributed by atoms with E-state index < -0.39 is 0 Å². The van der Waals surface area contributed by atoms with E-state index >= 15 is 0 Å². The van der Waals surface area contributed by atoms with E-state index in [2.05, 4.69) is 15.8 Å². The van der Waals surface area contributed by atoms with Crippen molar-refractivity contribution in [3.63, 3.8) is 0 Å². The number of phenolic OH excluding ortho intramolecular Hbond substituents is 1. The number of hydrazone groups is 1. The van der Waals surface area contributed by atoms with Crippen LogP contribution < -0.4 is 10.7 Å². The van der Waals surface area contributed by atoms with Crippen LogP contribution in [-0.2, 0) is 4.74 Å². The first kappa shape index (κ1) is 13.8. The van der Waals surface area contributed by atoms with Gasteiger partial charge in [0.2, 0.25) is 0 Å². The third-order valence-corrected chi connectivity index (χ3v) is 3.06. The molecule has 1 atom stereocenters. The molecule has 0 amide bonds. The number of rotatable bonds is 4. The van der Waals surface area contributed by atoms with Crippen LogP contribution in [0.25, 0.3) is 0 Å². The molecule has 3 N–H and O–H groups in total. The number of hydrogen-bond acceptors (Lipinski definition) is 4. The van der Waals surface area contributed by atoms with Gasteiger partial charge in [-0.2, -0.15) is 5.10 Å². The van der Waals surface area contributed by atoms with Gasteiger partial charge in [-0.1, -0.05) is 12.1 Å². The number of hydrogen-bond donors (Lipinski definition) is 3. The molecule has 102 valence electrons. The Balaban J connectivity index is 1.72. The number of benzene rings is 1. The van der Waals surface area contributed by atoms with Crippen molar-refractivity contribution in [3.8, 4) is 5.75 Å². The summed E-state index contributed by atoms with van der Waals surface area (Å²) in [6.45, 7) is 1.52. The Bertz CT molecular complexity index is 459. The Hall–Kier alpha value is -1.66. The lowest BCUT2D eigenvalue weighted by molar-refractivity contribution is 0.114. The lowest BCUT2D eigenvalue weighted by Crippen LogP contribution is -2.37. The van der Waals surface area contributed by atoms with E-state index in [0.717, 1.165) is 19.4 Å². The zero-order valence-corrected chi connectivity index (χ0v) is 11.3. The molecule has 0 unspecified atom stereocenters. The second kappa shape index (κ2) is 7.06. The molecule has 19 heavy (non-hydrogen) atoms. The van der Waals surface area contributed by atoms with Crippen LogP contribution in [0.1, 0.15) is 18.4 Å². The van der Waals surface area contributed by atoms with Gasteiger partial charge in [-0.15, -0.1) is 0 Å². The number of ether oxygens (including phenoxy) is 1. The van der Waals surface area contributed by atoms with E-state index in [9.17, 15) is 5.11 Å². The Morgan fingerprint density at radius 1 is 1.53 bits per heavy atom. The van der Waals surface area contributed by atoms with Gasteiger partial charge in [-0.3, -0.25) is 5.43 Å². The third kappa shape index (κ3) is 4.50. The van der Waals surface area contributed by atoms with Crippen LogP contribution in [0.15, 0.2) is 29.4 Å². The predicted octanol–water partition coefficient (Wildman–Crippen LogP) is 1.37. The molecule has 0 aliphatic carbocycles. The van der Waals surface area contributed by atoms with Crippen LogP contribution >= 0.6 is 12.2 Å². The molecule has 1 aliphatic heterocycles. The van der Waals surface area contributed by atoms with Gasteiger partial charge in [0.25, 0.3) is 0 Å². The fourth-order valence-corrected chi connectivity index (χ4v) is 1.94. The van der Waals surface area contributed by atoms with Crippen molar-refractivity contribution in [2.24, 2.45) is 5.10 Å². The number of nitrogens with zero attached hydrogens (tertiary/aromatic N) is 1. The second-order valence-corrected chi connectivity index (χ2v) is 4.68. The summed E-state index contributed by atoms with van der Waals surface area (Å²) in [5, 5.41) is 17.0. The molecule has 0 saturated carbocycles. The molecule has 0 bridgehead atoms. The molecule has 0 spiro atoms. The van der Waals surface area contributed by atoms with E-state index in [4.69, 9.17) is 17.0 Å². The Kier molecular flexibility index (Phi) is 5.11. The molecule has 2 rings (SSSR count). The number of nitrogens with one attached hydrogen (secondary N) is 2. The molecule has 1 fully saturated rings. The van der Waals surface area contributed by atoms with Crippen molar-refractivity contribution in [1.82, 2.24) is 10.7 Å². The summed E-state index contributed by atoms with van der Waals surface area (Å²) in [7, 11) is 0. The Morgan fingerprint density at radius 2 is 2.37 bits per heavy atom. The fraction of sp³-hybridized carbons (Fsp3) is 0.385. The average molecular weight is 279 g/mol.